The van der Waals surface area contributed by atoms with Gasteiger partial charge in [-0.1, -0.05) is 20.3 Å². The zero-order chi connectivity index (χ0) is 8.27. The number of hydrogen-bond donors (Lipinski definition) is 0. The van der Waals surface area contributed by atoms with E-state index in [-0.39, 0.29) is 0 Å². The predicted molar refractivity (Wildman–Crippen MR) is 47.6 cm³/mol. The van der Waals surface area contributed by atoms with Crippen LogP contribution in [0.5, 0.6) is 0 Å². The highest BCUT2D eigenvalue weighted by Crippen LogP contribution is 2.28. The molecule has 1 aliphatic rings. The molecule has 0 radical (unpaired) electrons. The van der Waals surface area contributed by atoms with Crippen molar-refractivity contribution in [1.29, 1.82) is 0 Å². The highest BCUT2D eigenvalue weighted by molar-refractivity contribution is 4.73. The SMILES string of the molecule is CCC1C[C@@H](CC)CC(C)O1. The summed E-state index contributed by atoms with van der Waals surface area (Å²) in [6, 6.07) is 0. The highest BCUT2D eigenvalue weighted by atomic mass is 16.5. The first-order chi connectivity index (χ1) is 5.26. The molecule has 1 rings (SSSR count). The van der Waals surface area contributed by atoms with Gasteiger partial charge in [0.2, 0.25) is 0 Å². The van der Waals surface area contributed by atoms with Gasteiger partial charge in [0.25, 0.3) is 0 Å². The summed E-state index contributed by atoms with van der Waals surface area (Å²) in [6.45, 7) is 6.70. The summed E-state index contributed by atoms with van der Waals surface area (Å²) in [7, 11) is 0. The van der Waals surface area contributed by atoms with Gasteiger partial charge in [0.1, 0.15) is 0 Å². The van der Waals surface area contributed by atoms with Crippen molar-refractivity contribution in [1.82, 2.24) is 0 Å². The third kappa shape index (κ3) is 2.48. The van der Waals surface area contributed by atoms with E-state index in [1.54, 1.807) is 0 Å². The molecule has 0 aromatic heterocycles. The Morgan fingerprint density at radius 1 is 1.18 bits per heavy atom. The molecule has 0 N–H and O–H groups in total. The lowest BCUT2D eigenvalue weighted by molar-refractivity contribution is -0.0632. The molecule has 0 amide bonds. The summed E-state index contributed by atoms with van der Waals surface area (Å²) >= 11 is 0. The molecule has 11 heavy (non-hydrogen) atoms. The molecule has 1 heterocycles. The summed E-state index contributed by atoms with van der Waals surface area (Å²) < 4.78 is 5.77. The van der Waals surface area contributed by atoms with Crippen molar-refractivity contribution in [3.63, 3.8) is 0 Å². The van der Waals surface area contributed by atoms with E-state index in [1.165, 1.54) is 25.7 Å². The molecule has 1 nitrogen and oxygen atoms in total. The molecule has 0 saturated carbocycles. The van der Waals surface area contributed by atoms with Gasteiger partial charge in [0, 0.05) is 0 Å². The molecular weight excluding hydrogens is 136 g/mol. The quantitative estimate of drug-likeness (QED) is 0.597. The minimum absolute atomic E-state index is 0.499. The summed E-state index contributed by atoms with van der Waals surface area (Å²) in [4.78, 5) is 0. The van der Waals surface area contributed by atoms with Gasteiger partial charge in [-0.3, -0.25) is 0 Å². The van der Waals surface area contributed by atoms with E-state index in [0.29, 0.717) is 12.2 Å². The lowest BCUT2D eigenvalue weighted by Crippen LogP contribution is -2.30. The normalized spacial score (nSPS) is 39.0. The van der Waals surface area contributed by atoms with Crippen molar-refractivity contribution in [3.8, 4) is 0 Å². The van der Waals surface area contributed by atoms with E-state index < -0.39 is 0 Å². The number of hydrogen-bond acceptors (Lipinski definition) is 1. The van der Waals surface area contributed by atoms with Gasteiger partial charge >= 0.3 is 0 Å². The topological polar surface area (TPSA) is 9.23 Å². The van der Waals surface area contributed by atoms with E-state index >= 15 is 0 Å². The molecule has 2 unspecified atom stereocenters. The van der Waals surface area contributed by atoms with Crippen molar-refractivity contribution in [2.75, 3.05) is 0 Å². The Morgan fingerprint density at radius 3 is 2.45 bits per heavy atom. The van der Waals surface area contributed by atoms with Crippen LogP contribution < -0.4 is 0 Å². The van der Waals surface area contributed by atoms with Crippen molar-refractivity contribution in [2.45, 2.75) is 58.7 Å². The minimum atomic E-state index is 0.499. The molecule has 0 aliphatic carbocycles. The van der Waals surface area contributed by atoms with Gasteiger partial charge in [0.05, 0.1) is 12.2 Å². The Kier molecular flexibility index (Phi) is 3.38. The van der Waals surface area contributed by atoms with Crippen LogP contribution in [0.15, 0.2) is 0 Å². The summed E-state index contributed by atoms with van der Waals surface area (Å²) in [5.41, 5.74) is 0. The first-order valence-electron chi connectivity index (χ1n) is 4.91. The second kappa shape index (κ2) is 4.10. The molecular formula is C10H20O. The lowest BCUT2D eigenvalue weighted by atomic mass is 9.89. The Balaban J connectivity index is 2.37. The van der Waals surface area contributed by atoms with Crippen LogP contribution in [0.2, 0.25) is 0 Å². The third-order valence-electron chi connectivity index (χ3n) is 2.72. The van der Waals surface area contributed by atoms with Crippen LogP contribution in [0.1, 0.15) is 46.5 Å². The van der Waals surface area contributed by atoms with E-state index in [4.69, 9.17) is 4.74 Å². The average Bonchev–Trinajstić information content (AvgIpc) is 2.03. The average molecular weight is 156 g/mol. The van der Waals surface area contributed by atoms with Crippen molar-refractivity contribution < 1.29 is 4.74 Å². The van der Waals surface area contributed by atoms with Crippen molar-refractivity contribution in [2.24, 2.45) is 5.92 Å². The largest absolute Gasteiger partial charge is 0.375 e. The Bertz CT molecular complexity index is 99.4. The maximum absolute atomic E-state index is 5.77. The summed E-state index contributed by atoms with van der Waals surface area (Å²) in [5.74, 6) is 0.920. The smallest absolute Gasteiger partial charge is 0.0578 e. The summed E-state index contributed by atoms with van der Waals surface area (Å²) in [5, 5.41) is 0. The summed E-state index contributed by atoms with van der Waals surface area (Å²) in [6.07, 6.45) is 6.11. The van der Waals surface area contributed by atoms with Gasteiger partial charge in [-0.2, -0.15) is 0 Å². The molecule has 1 saturated heterocycles. The Morgan fingerprint density at radius 2 is 1.91 bits per heavy atom. The number of ether oxygens (including phenoxy) is 1. The monoisotopic (exact) mass is 156 g/mol. The van der Waals surface area contributed by atoms with Crippen LogP contribution in [0.4, 0.5) is 0 Å². The van der Waals surface area contributed by atoms with Crippen LogP contribution >= 0.6 is 0 Å². The second-order valence-electron chi connectivity index (χ2n) is 3.72. The third-order valence-corrected chi connectivity index (χ3v) is 2.72. The standard InChI is InChI=1S/C10H20O/c1-4-9-6-8(3)11-10(5-2)7-9/h8-10H,4-7H2,1-3H3/t8?,9-,10?/m0/s1. The molecule has 0 spiro atoms. The maximum atomic E-state index is 5.77. The fraction of sp³-hybridized carbons (Fsp3) is 1.00. The Labute approximate surface area is 70.1 Å². The van der Waals surface area contributed by atoms with E-state index in [0.717, 1.165) is 5.92 Å². The van der Waals surface area contributed by atoms with Gasteiger partial charge < -0.3 is 4.74 Å². The van der Waals surface area contributed by atoms with Crippen LogP contribution in [0.25, 0.3) is 0 Å². The van der Waals surface area contributed by atoms with Gasteiger partial charge in [-0.15, -0.1) is 0 Å². The maximum Gasteiger partial charge on any atom is 0.0578 e. The molecule has 1 aliphatic heterocycles. The molecule has 1 fully saturated rings. The van der Waals surface area contributed by atoms with Crippen molar-refractivity contribution >= 4 is 0 Å². The molecule has 66 valence electrons. The highest BCUT2D eigenvalue weighted by Gasteiger charge is 2.24. The molecule has 0 aromatic carbocycles. The predicted octanol–water partition coefficient (Wildman–Crippen LogP) is 2.99. The minimum Gasteiger partial charge on any atom is -0.375 e. The van der Waals surface area contributed by atoms with Crippen LogP contribution in [-0.4, -0.2) is 12.2 Å². The molecule has 0 aromatic rings. The first-order valence-corrected chi connectivity index (χ1v) is 4.91. The number of rotatable bonds is 2. The van der Waals surface area contributed by atoms with Gasteiger partial charge in [0.15, 0.2) is 0 Å². The zero-order valence-corrected chi connectivity index (χ0v) is 7.97. The van der Waals surface area contributed by atoms with Crippen LogP contribution in [0, 0.1) is 5.92 Å². The van der Waals surface area contributed by atoms with Gasteiger partial charge in [-0.25, -0.2) is 0 Å². The molecule has 1 heteroatoms. The second-order valence-corrected chi connectivity index (χ2v) is 3.72. The molecule has 0 bridgehead atoms. The first kappa shape index (κ1) is 9.05. The lowest BCUT2D eigenvalue weighted by Gasteiger charge is -2.32. The fourth-order valence-corrected chi connectivity index (χ4v) is 1.97. The van der Waals surface area contributed by atoms with E-state index in [9.17, 15) is 0 Å². The van der Waals surface area contributed by atoms with Crippen LogP contribution in [0.3, 0.4) is 0 Å². The zero-order valence-electron chi connectivity index (χ0n) is 7.97. The van der Waals surface area contributed by atoms with Gasteiger partial charge in [-0.05, 0) is 32.1 Å². The molecule has 3 atom stereocenters. The van der Waals surface area contributed by atoms with Crippen LogP contribution in [-0.2, 0) is 4.74 Å². The van der Waals surface area contributed by atoms with E-state index in [1.807, 2.05) is 0 Å². The Hall–Kier alpha value is -0.0400. The van der Waals surface area contributed by atoms with E-state index in [2.05, 4.69) is 20.8 Å². The fourth-order valence-electron chi connectivity index (χ4n) is 1.97. The van der Waals surface area contributed by atoms with Crippen molar-refractivity contribution in [3.05, 3.63) is 0 Å².